The van der Waals surface area contributed by atoms with E-state index in [2.05, 4.69) is 34.1 Å². The molecule has 0 N–H and O–H groups in total. The number of hydrogen-bond acceptors (Lipinski definition) is 4. The number of benzene rings is 2. The number of para-hydroxylation sites is 1. The lowest BCUT2D eigenvalue weighted by molar-refractivity contribution is -0.130. The lowest BCUT2D eigenvalue weighted by Crippen LogP contribution is -2.49. The molecule has 0 spiro atoms. The van der Waals surface area contributed by atoms with Crippen LogP contribution in [0.25, 0.3) is 10.2 Å². The fraction of sp³-hybridized carbons (Fsp3) is 0.364. The highest BCUT2D eigenvalue weighted by molar-refractivity contribution is 7.22. The summed E-state index contributed by atoms with van der Waals surface area (Å²) in [6.45, 7) is 2.82. The van der Waals surface area contributed by atoms with E-state index in [1.54, 1.807) is 6.07 Å². The first-order valence-corrected chi connectivity index (χ1v) is 10.7. The maximum atomic E-state index is 13.9. The van der Waals surface area contributed by atoms with Crippen LogP contribution >= 0.6 is 11.3 Å². The number of carbonyl (C=O) groups is 1. The highest BCUT2D eigenvalue weighted by Gasteiger charge is 2.25. The molecule has 144 valence electrons. The van der Waals surface area contributed by atoms with Gasteiger partial charge in [0.2, 0.25) is 5.91 Å². The Balaban J connectivity index is 1.20. The first-order chi connectivity index (χ1) is 13.7. The zero-order valence-corrected chi connectivity index (χ0v) is 16.4. The van der Waals surface area contributed by atoms with Crippen LogP contribution in [0, 0.1) is 5.82 Å². The maximum Gasteiger partial charge on any atom is 0.227 e. The van der Waals surface area contributed by atoms with Gasteiger partial charge in [-0.3, -0.25) is 4.79 Å². The standard InChI is InChI=1S/C22H22FN3OS/c23-18-2-1-3-19-21(18)24-22(28-19)26-12-10-25(11-13-26)20(27)14-15-4-6-16(7-5-15)17-8-9-17/h1-7,17H,8-14H2. The molecule has 0 radical (unpaired) electrons. The van der Waals surface area contributed by atoms with E-state index in [9.17, 15) is 9.18 Å². The van der Waals surface area contributed by atoms with E-state index >= 15 is 0 Å². The van der Waals surface area contributed by atoms with Crippen molar-refractivity contribution in [1.29, 1.82) is 0 Å². The fourth-order valence-corrected chi connectivity index (χ4v) is 4.83. The number of fused-ring (bicyclic) bond motifs is 1. The van der Waals surface area contributed by atoms with Crippen LogP contribution in [0.5, 0.6) is 0 Å². The van der Waals surface area contributed by atoms with Gasteiger partial charge in [0.1, 0.15) is 11.3 Å². The summed E-state index contributed by atoms with van der Waals surface area (Å²) in [4.78, 5) is 21.2. The Kier molecular flexibility index (Phi) is 4.51. The van der Waals surface area contributed by atoms with Crippen LogP contribution in [0.2, 0.25) is 0 Å². The summed E-state index contributed by atoms with van der Waals surface area (Å²) < 4.78 is 14.8. The van der Waals surface area contributed by atoms with Crippen LogP contribution < -0.4 is 4.90 Å². The Morgan fingerprint density at radius 3 is 2.50 bits per heavy atom. The Bertz CT molecular complexity index is 1000. The zero-order chi connectivity index (χ0) is 19.1. The van der Waals surface area contributed by atoms with Crippen LogP contribution in [-0.2, 0) is 11.2 Å². The predicted molar refractivity (Wildman–Crippen MR) is 110 cm³/mol. The van der Waals surface area contributed by atoms with Crippen molar-refractivity contribution in [3.05, 3.63) is 59.4 Å². The molecule has 0 unspecified atom stereocenters. The van der Waals surface area contributed by atoms with Crippen molar-refractivity contribution in [2.75, 3.05) is 31.1 Å². The third-order valence-corrected chi connectivity index (χ3v) is 6.73. The van der Waals surface area contributed by atoms with Crippen molar-refractivity contribution in [2.24, 2.45) is 0 Å². The average molecular weight is 396 g/mol. The molecule has 2 heterocycles. The zero-order valence-electron chi connectivity index (χ0n) is 15.6. The van der Waals surface area contributed by atoms with Gasteiger partial charge in [-0.25, -0.2) is 9.37 Å². The Labute approximate surface area is 167 Å². The second-order valence-corrected chi connectivity index (χ2v) is 8.65. The number of hydrogen-bond donors (Lipinski definition) is 0. The van der Waals surface area contributed by atoms with Gasteiger partial charge in [-0.05, 0) is 42.0 Å². The van der Waals surface area contributed by atoms with E-state index < -0.39 is 0 Å². The molecular weight excluding hydrogens is 373 g/mol. The molecule has 2 aliphatic rings. The van der Waals surface area contributed by atoms with Gasteiger partial charge in [-0.15, -0.1) is 0 Å². The van der Waals surface area contributed by atoms with Gasteiger partial charge in [0.15, 0.2) is 5.13 Å². The minimum Gasteiger partial charge on any atom is -0.345 e. The molecule has 28 heavy (non-hydrogen) atoms. The minimum atomic E-state index is -0.276. The van der Waals surface area contributed by atoms with Crippen molar-refractivity contribution < 1.29 is 9.18 Å². The average Bonchev–Trinajstić information content (AvgIpc) is 3.47. The summed E-state index contributed by atoms with van der Waals surface area (Å²) in [7, 11) is 0. The number of carbonyl (C=O) groups excluding carboxylic acids is 1. The summed E-state index contributed by atoms with van der Waals surface area (Å²) in [6, 6.07) is 13.6. The summed E-state index contributed by atoms with van der Waals surface area (Å²) in [5, 5.41) is 0.836. The van der Waals surface area contributed by atoms with E-state index in [1.165, 1.54) is 35.8 Å². The molecule has 5 rings (SSSR count). The highest BCUT2D eigenvalue weighted by atomic mass is 32.1. The summed E-state index contributed by atoms with van der Waals surface area (Å²) >= 11 is 1.51. The first kappa shape index (κ1) is 17.6. The number of halogens is 1. The summed E-state index contributed by atoms with van der Waals surface area (Å²) in [6.07, 6.45) is 3.05. The molecule has 1 amide bonds. The van der Waals surface area contributed by atoms with Gasteiger partial charge in [0.05, 0.1) is 11.1 Å². The number of rotatable bonds is 4. The Hall–Kier alpha value is -2.47. The van der Waals surface area contributed by atoms with Gasteiger partial charge < -0.3 is 9.80 Å². The molecule has 1 aliphatic carbocycles. The molecular formula is C22H22FN3OS. The molecule has 3 aromatic rings. The maximum absolute atomic E-state index is 13.9. The lowest BCUT2D eigenvalue weighted by Gasteiger charge is -2.34. The number of nitrogens with zero attached hydrogens (tertiary/aromatic N) is 3. The summed E-state index contributed by atoms with van der Waals surface area (Å²) in [5.41, 5.74) is 2.92. The van der Waals surface area contributed by atoms with Crippen molar-refractivity contribution in [3.63, 3.8) is 0 Å². The van der Waals surface area contributed by atoms with Crippen LogP contribution in [-0.4, -0.2) is 42.0 Å². The van der Waals surface area contributed by atoms with Crippen LogP contribution in [0.4, 0.5) is 9.52 Å². The third kappa shape index (κ3) is 3.49. The number of thiazole rings is 1. The summed E-state index contributed by atoms with van der Waals surface area (Å²) in [5.74, 6) is 0.643. The molecule has 0 atom stereocenters. The molecule has 4 nitrogen and oxygen atoms in total. The largest absolute Gasteiger partial charge is 0.345 e. The van der Waals surface area contributed by atoms with Crippen LogP contribution in [0.3, 0.4) is 0 Å². The van der Waals surface area contributed by atoms with Crippen molar-refractivity contribution in [3.8, 4) is 0 Å². The van der Waals surface area contributed by atoms with Gasteiger partial charge in [0.25, 0.3) is 0 Å². The number of aromatic nitrogens is 1. The van der Waals surface area contributed by atoms with E-state index in [0.29, 0.717) is 25.0 Å². The van der Waals surface area contributed by atoms with Crippen molar-refractivity contribution >= 4 is 32.6 Å². The third-order valence-electron chi connectivity index (χ3n) is 5.65. The number of anilines is 1. The van der Waals surface area contributed by atoms with E-state index in [0.717, 1.165) is 34.4 Å². The molecule has 2 fully saturated rings. The second-order valence-electron chi connectivity index (χ2n) is 7.64. The van der Waals surface area contributed by atoms with Gasteiger partial charge in [-0.2, -0.15) is 0 Å². The van der Waals surface area contributed by atoms with E-state index in [4.69, 9.17) is 0 Å². The first-order valence-electron chi connectivity index (χ1n) is 9.84. The van der Waals surface area contributed by atoms with Gasteiger partial charge in [0, 0.05) is 26.2 Å². The molecule has 2 aromatic carbocycles. The SMILES string of the molecule is O=C(Cc1ccc(C2CC2)cc1)N1CCN(c2nc3c(F)cccc3s2)CC1. The smallest absolute Gasteiger partial charge is 0.227 e. The fourth-order valence-electron chi connectivity index (χ4n) is 3.80. The van der Waals surface area contributed by atoms with Gasteiger partial charge in [-0.1, -0.05) is 41.7 Å². The molecule has 1 saturated carbocycles. The molecule has 1 saturated heterocycles. The van der Waals surface area contributed by atoms with E-state index in [1.807, 2.05) is 11.0 Å². The Morgan fingerprint density at radius 1 is 1.07 bits per heavy atom. The van der Waals surface area contributed by atoms with Crippen molar-refractivity contribution in [2.45, 2.75) is 25.2 Å². The highest BCUT2D eigenvalue weighted by Crippen LogP contribution is 2.39. The quantitative estimate of drug-likeness (QED) is 0.664. The topological polar surface area (TPSA) is 36.4 Å². The van der Waals surface area contributed by atoms with Crippen LogP contribution in [0.15, 0.2) is 42.5 Å². The Morgan fingerprint density at radius 2 is 1.82 bits per heavy atom. The van der Waals surface area contributed by atoms with E-state index in [-0.39, 0.29) is 11.7 Å². The van der Waals surface area contributed by atoms with Gasteiger partial charge >= 0.3 is 0 Å². The lowest BCUT2D eigenvalue weighted by atomic mass is 10.1. The second kappa shape index (κ2) is 7.17. The molecule has 0 bridgehead atoms. The monoisotopic (exact) mass is 395 g/mol. The molecule has 1 aliphatic heterocycles. The predicted octanol–water partition coefficient (Wildman–Crippen LogP) is 4.20. The normalized spacial score (nSPS) is 17.3. The molecule has 1 aromatic heterocycles. The molecule has 6 heteroatoms. The number of amides is 1. The number of piperazine rings is 1. The van der Waals surface area contributed by atoms with Crippen LogP contribution in [0.1, 0.15) is 29.9 Å². The minimum absolute atomic E-state index is 0.175. The van der Waals surface area contributed by atoms with Crippen molar-refractivity contribution in [1.82, 2.24) is 9.88 Å².